The van der Waals surface area contributed by atoms with Crippen molar-refractivity contribution in [1.29, 1.82) is 0 Å². The minimum atomic E-state index is -1.41. The summed E-state index contributed by atoms with van der Waals surface area (Å²) in [6, 6.07) is 24.9. The molecule has 0 heterocycles. The molecule has 1 aliphatic carbocycles. The first kappa shape index (κ1) is 21.8. The molecule has 2 heteroatoms. The lowest BCUT2D eigenvalue weighted by Gasteiger charge is -2.29. The van der Waals surface area contributed by atoms with Crippen LogP contribution in [0.5, 0.6) is 0 Å². The molecule has 3 rings (SSSR count). The zero-order valence-corrected chi connectivity index (χ0v) is 19.4. The number of carbonyl (C=O) groups is 1. The van der Waals surface area contributed by atoms with Crippen LogP contribution < -0.4 is 0 Å². The molecule has 29 heavy (non-hydrogen) atoms. The highest BCUT2D eigenvalue weighted by molar-refractivity contribution is 6.84. The third-order valence-corrected chi connectivity index (χ3v) is 12.5. The largest absolute Gasteiger partial charge is 0.298 e. The van der Waals surface area contributed by atoms with Gasteiger partial charge in [0, 0.05) is 5.92 Å². The Hall–Kier alpha value is -1.93. The predicted octanol–water partition coefficient (Wildman–Crippen LogP) is 7.04. The Kier molecular flexibility index (Phi) is 7.29. The number of hydrogen-bond acceptors (Lipinski definition) is 1. The van der Waals surface area contributed by atoms with Crippen molar-refractivity contribution in [2.45, 2.75) is 64.6 Å². The van der Waals surface area contributed by atoms with Crippen LogP contribution in [0.15, 0.2) is 72.4 Å². The molecule has 0 amide bonds. The first-order valence-electron chi connectivity index (χ1n) is 11.4. The van der Waals surface area contributed by atoms with Crippen LogP contribution in [0, 0.1) is 11.3 Å². The van der Waals surface area contributed by atoms with Gasteiger partial charge in [0.05, 0.1) is 13.5 Å². The molecule has 0 N–H and O–H groups in total. The van der Waals surface area contributed by atoms with Gasteiger partial charge in [0.2, 0.25) is 0 Å². The summed E-state index contributed by atoms with van der Waals surface area (Å²) in [6.45, 7) is 7.01. The van der Waals surface area contributed by atoms with Gasteiger partial charge in [0.15, 0.2) is 0 Å². The number of rotatable bonds is 9. The van der Waals surface area contributed by atoms with Crippen molar-refractivity contribution in [3.8, 4) is 0 Å². The Morgan fingerprint density at radius 3 is 2.00 bits per heavy atom. The summed E-state index contributed by atoms with van der Waals surface area (Å²) in [6.07, 6.45) is 6.09. The molecular formula is C27H36OSi. The molecule has 2 aromatic rings. The number of allylic oxidation sites excluding steroid dienone is 1. The lowest BCUT2D eigenvalue weighted by molar-refractivity contribution is -0.126. The SMILES string of the molecule is CC[Si](/C=C/C1(Cc2ccccc2)CCC(Cc2ccccc2)C1=O)(CC)CC. The van der Waals surface area contributed by atoms with Crippen molar-refractivity contribution in [2.75, 3.05) is 0 Å². The number of benzene rings is 2. The third-order valence-electron chi connectivity index (χ3n) is 7.36. The van der Waals surface area contributed by atoms with E-state index in [2.05, 4.69) is 87.1 Å². The van der Waals surface area contributed by atoms with Crippen LogP contribution in [-0.4, -0.2) is 13.9 Å². The normalized spacial score (nSPS) is 22.4. The lowest BCUT2D eigenvalue weighted by Crippen LogP contribution is -2.33. The highest BCUT2D eigenvalue weighted by Gasteiger charge is 2.46. The van der Waals surface area contributed by atoms with Gasteiger partial charge in [-0.15, -0.1) is 0 Å². The molecule has 2 unspecified atom stereocenters. The second-order valence-corrected chi connectivity index (χ2v) is 14.0. The topological polar surface area (TPSA) is 17.1 Å². The zero-order chi connectivity index (χ0) is 20.7. The third kappa shape index (κ3) is 4.98. The molecule has 0 saturated heterocycles. The van der Waals surface area contributed by atoms with Crippen molar-refractivity contribution < 1.29 is 4.79 Å². The van der Waals surface area contributed by atoms with E-state index in [9.17, 15) is 4.79 Å². The summed E-state index contributed by atoms with van der Waals surface area (Å²) in [5.74, 6) is 0.611. The number of ketones is 1. The van der Waals surface area contributed by atoms with Gasteiger partial charge in [0.25, 0.3) is 0 Å². The molecule has 1 nitrogen and oxygen atoms in total. The van der Waals surface area contributed by atoms with Crippen LogP contribution in [0.3, 0.4) is 0 Å². The van der Waals surface area contributed by atoms with E-state index in [4.69, 9.17) is 0 Å². The van der Waals surface area contributed by atoms with Gasteiger partial charge in [-0.1, -0.05) is 111 Å². The molecule has 0 aliphatic heterocycles. The van der Waals surface area contributed by atoms with Crippen LogP contribution >= 0.6 is 0 Å². The summed E-state index contributed by atoms with van der Waals surface area (Å²) in [5.41, 5.74) is 4.78. The number of carbonyl (C=O) groups excluding carboxylic acids is 1. The molecule has 2 aromatic carbocycles. The maximum atomic E-state index is 13.8. The standard InChI is InChI=1S/C27H36OSi/c1-4-29(5-2,6-3)20-19-27(22-24-15-11-8-12-16-24)18-17-25(26(27)28)21-23-13-9-7-10-14-23/h7-16,19-20,25H,4-6,17-18,21-22H2,1-3H3/b20-19+. The van der Waals surface area contributed by atoms with E-state index in [1.54, 1.807) is 0 Å². The molecule has 2 atom stereocenters. The summed E-state index contributed by atoms with van der Waals surface area (Å²) in [7, 11) is -1.41. The zero-order valence-electron chi connectivity index (χ0n) is 18.4. The Balaban J connectivity index is 1.90. The fourth-order valence-corrected chi connectivity index (χ4v) is 7.87. The summed E-state index contributed by atoms with van der Waals surface area (Å²) in [4.78, 5) is 13.8. The first-order chi connectivity index (χ1) is 14.1. The maximum Gasteiger partial charge on any atom is 0.146 e. The average molecular weight is 405 g/mol. The maximum absolute atomic E-state index is 13.8. The molecule has 154 valence electrons. The van der Waals surface area contributed by atoms with E-state index in [1.807, 2.05) is 6.07 Å². The highest BCUT2D eigenvalue weighted by Crippen LogP contribution is 2.44. The minimum Gasteiger partial charge on any atom is -0.298 e. The molecule has 0 spiro atoms. The minimum absolute atomic E-state index is 0.145. The van der Waals surface area contributed by atoms with E-state index >= 15 is 0 Å². The van der Waals surface area contributed by atoms with Crippen LogP contribution in [0.4, 0.5) is 0 Å². The van der Waals surface area contributed by atoms with Gasteiger partial charge in [-0.05, 0) is 36.8 Å². The molecule has 1 saturated carbocycles. The van der Waals surface area contributed by atoms with Gasteiger partial charge in [-0.2, -0.15) is 0 Å². The molecule has 0 bridgehead atoms. The summed E-state index contributed by atoms with van der Waals surface area (Å²) < 4.78 is 0. The monoisotopic (exact) mass is 404 g/mol. The lowest BCUT2D eigenvalue weighted by atomic mass is 9.78. The number of hydrogen-bond donors (Lipinski definition) is 0. The fourth-order valence-electron chi connectivity index (χ4n) is 4.99. The predicted molar refractivity (Wildman–Crippen MR) is 127 cm³/mol. The van der Waals surface area contributed by atoms with Crippen molar-refractivity contribution in [1.82, 2.24) is 0 Å². The van der Waals surface area contributed by atoms with Crippen LogP contribution in [0.25, 0.3) is 0 Å². The highest BCUT2D eigenvalue weighted by atomic mass is 28.3. The van der Waals surface area contributed by atoms with E-state index in [0.717, 1.165) is 25.7 Å². The van der Waals surface area contributed by atoms with Crippen LogP contribution in [0.2, 0.25) is 18.1 Å². The first-order valence-corrected chi connectivity index (χ1v) is 14.1. The van der Waals surface area contributed by atoms with Gasteiger partial charge in [0.1, 0.15) is 5.78 Å². The molecular weight excluding hydrogens is 368 g/mol. The van der Waals surface area contributed by atoms with Crippen molar-refractivity contribution in [3.05, 3.63) is 83.6 Å². The quantitative estimate of drug-likeness (QED) is 0.410. The second-order valence-electron chi connectivity index (χ2n) is 8.86. The molecule has 0 aromatic heterocycles. The number of Topliss-reactive ketones (excluding diaryl/α,β-unsaturated/α-hetero) is 1. The van der Waals surface area contributed by atoms with E-state index in [1.165, 1.54) is 29.3 Å². The van der Waals surface area contributed by atoms with E-state index in [0.29, 0.717) is 5.78 Å². The Morgan fingerprint density at radius 1 is 0.897 bits per heavy atom. The van der Waals surface area contributed by atoms with Crippen molar-refractivity contribution >= 4 is 13.9 Å². The van der Waals surface area contributed by atoms with Gasteiger partial charge >= 0.3 is 0 Å². The van der Waals surface area contributed by atoms with E-state index < -0.39 is 8.07 Å². The second kappa shape index (κ2) is 9.71. The summed E-state index contributed by atoms with van der Waals surface area (Å²) in [5, 5.41) is 0. The van der Waals surface area contributed by atoms with Crippen LogP contribution in [-0.2, 0) is 17.6 Å². The van der Waals surface area contributed by atoms with Gasteiger partial charge in [-0.25, -0.2) is 0 Å². The van der Waals surface area contributed by atoms with Crippen LogP contribution in [0.1, 0.15) is 44.7 Å². The molecule has 0 radical (unpaired) electrons. The molecule has 1 fully saturated rings. The summed E-state index contributed by atoms with van der Waals surface area (Å²) >= 11 is 0. The molecule has 1 aliphatic rings. The van der Waals surface area contributed by atoms with Crippen molar-refractivity contribution in [3.63, 3.8) is 0 Å². The average Bonchev–Trinajstić information content (AvgIpc) is 3.07. The smallest absolute Gasteiger partial charge is 0.146 e. The van der Waals surface area contributed by atoms with Gasteiger partial charge < -0.3 is 0 Å². The fraction of sp³-hybridized carbons (Fsp3) is 0.444. The Bertz CT molecular complexity index is 799. The van der Waals surface area contributed by atoms with E-state index in [-0.39, 0.29) is 11.3 Å². The van der Waals surface area contributed by atoms with Gasteiger partial charge in [-0.3, -0.25) is 4.79 Å². The van der Waals surface area contributed by atoms with Crippen molar-refractivity contribution in [2.24, 2.45) is 11.3 Å². The Morgan fingerprint density at radius 2 is 1.45 bits per heavy atom. The Labute approximate surface area is 178 Å².